The quantitative estimate of drug-likeness (QED) is 0.763. The van der Waals surface area contributed by atoms with Gasteiger partial charge < -0.3 is 15.0 Å². The van der Waals surface area contributed by atoms with Gasteiger partial charge in [0.05, 0.1) is 0 Å². The minimum absolute atomic E-state index is 0.210. The Morgan fingerprint density at radius 3 is 2.65 bits per heavy atom. The fourth-order valence-corrected chi connectivity index (χ4v) is 3.20. The van der Waals surface area contributed by atoms with E-state index in [1.807, 2.05) is 0 Å². The third-order valence-electron chi connectivity index (χ3n) is 3.91. The van der Waals surface area contributed by atoms with E-state index in [0.717, 1.165) is 6.42 Å². The first-order valence-corrected chi connectivity index (χ1v) is 9.22. The second kappa shape index (κ2) is 8.33. The Bertz CT molecular complexity index is 677. The van der Waals surface area contributed by atoms with Crippen LogP contribution in [0.2, 0.25) is 0 Å². The van der Waals surface area contributed by atoms with E-state index in [0.29, 0.717) is 19.5 Å². The lowest BCUT2D eigenvalue weighted by atomic mass is 10.0. The highest BCUT2D eigenvalue weighted by Gasteiger charge is 2.27. The van der Waals surface area contributed by atoms with Crippen LogP contribution in [0.1, 0.15) is 56.0 Å². The molecule has 1 saturated heterocycles. The molecule has 0 spiro atoms. The molecule has 1 heterocycles. The van der Waals surface area contributed by atoms with Crippen molar-refractivity contribution in [2.75, 3.05) is 13.1 Å². The maximum Gasteiger partial charge on any atom is 0.407 e. The molecular weight excluding hydrogens is 410 g/mol. The number of alkyl halides is 2. The van der Waals surface area contributed by atoms with Crippen LogP contribution in [0.15, 0.2) is 22.7 Å². The summed E-state index contributed by atoms with van der Waals surface area (Å²) < 4.78 is 31.6. The molecule has 0 aliphatic carbocycles. The molecule has 8 heteroatoms. The second-order valence-corrected chi connectivity index (χ2v) is 8.13. The molecule has 1 fully saturated rings. The predicted octanol–water partition coefficient (Wildman–Crippen LogP) is 4.52. The SMILES string of the molecule is CC(C)(C)OC(=O)NC1CCCN(C(=O)c2ccc(Br)c(C(F)F)c2)C1. The van der Waals surface area contributed by atoms with E-state index in [1.54, 1.807) is 25.7 Å². The van der Waals surface area contributed by atoms with Crippen molar-refractivity contribution in [3.63, 3.8) is 0 Å². The van der Waals surface area contributed by atoms with Crippen molar-refractivity contribution in [1.29, 1.82) is 0 Å². The summed E-state index contributed by atoms with van der Waals surface area (Å²) in [5.41, 5.74) is -0.602. The number of amides is 2. The summed E-state index contributed by atoms with van der Waals surface area (Å²) in [6.07, 6.45) is -1.75. The number of hydrogen-bond acceptors (Lipinski definition) is 3. The lowest BCUT2D eigenvalue weighted by molar-refractivity contribution is 0.0452. The van der Waals surface area contributed by atoms with Crippen molar-refractivity contribution < 1.29 is 23.1 Å². The number of rotatable bonds is 3. The number of carbonyl (C=O) groups excluding carboxylic acids is 2. The van der Waals surface area contributed by atoms with Gasteiger partial charge in [-0.05, 0) is 51.8 Å². The van der Waals surface area contributed by atoms with E-state index in [2.05, 4.69) is 21.2 Å². The molecule has 1 aliphatic heterocycles. The van der Waals surface area contributed by atoms with Gasteiger partial charge in [-0.3, -0.25) is 4.79 Å². The van der Waals surface area contributed by atoms with Gasteiger partial charge in [-0.2, -0.15) is 0 Å². The third kappa shape index (κ3) is 5.65. The zero-order valence-corrected chi connectivity index (χ0v) is 16.6. The van der Waals surface area contributed by atoms with Gasteiger partial charge in [0.25, 0.3) is 12.3 Å². The molecule has 1 aliphatic rings. The second-order valence-electron chi connectivity index (χ2n) is 7.27. The maximum absolute atomic E-state index is 13.0. The predicted molar refractivity (Wildman–Crippen MR) is 97.4 cm³/mol. The van der Waals surface area contributed by atoms with Crippen LogP contribution >= 0.6 is 15.9 Å². The van der Waals surface area contributed by atoms with Gasteiger partial charge in [0.2, 0.25) is 0 Å². The Morgan fingerprint density at radius 1 is 1.35 bits per heavy atom. The van der Waals surface area contributed by atoms with Crippen LogP contribution in [0.4, 0.5) is 13.6 Å². The molecule has 2 rings (SSSR count). The molecule has 1 N–H and O–H groups in total. The maximum atomic E-state index is 13.0. The molecule has 2 amide bonds. The van der Waals surface area contributed by atoms with Gasteiger partial charge in [0.1, 0.15) is 5.60 Å². The summed E-state index contributed by atoms with van der Waals surface area (Å²) in [5, 5.41) is 2.77. The summed E-state index contributed by atoms with van der Waals surface area (Å²) in [5.74, 6) is -0.324. The van der Waals surface area contributed by atoms with Crippen molar-refractivity contribution in [1.82, 2.24) is 10.2 Å². The minimum Gasteiger partial charge on any atom is -0.444 e. The monoisotopic (exact) mass is 432 g/mol. The largest absolute Gasteiger partial charge is 0.444 e. The fourth-order valence-electron chi connectivity index (χ4n) is 2.78. The Kier molecular flexibility index (Phi) is 6.60. The van der Waals surface area contributed by atoms with E-state index in [-0.39, 0.29) is 27.5 Å². The summed E-state index contributed by atoms with van der Waals surface area (Å²) in [6.45, 7) is 6.16. The number of alkyl carbamates (subject to hydrolysis) is 1. The molecule has 0 aromatic heterocycles. The van der Waals surface area contributed by atoms with Crippen molar-refractivity contribution in [3.05, 3.63) is 33.8 Å². The number of nitrogens with zero attached hydrogens (tertiary/aromatic N) is 1. The minimum atomic E-state index is -2.67. The zero-order valence-electron chi connectivity index (χ0n) is 15.0. The molecule has 0 bridgehead atoms. The van der Waals surface area contributed by atoms with Crippen molar-refractivity contribution >= 4 is 27.9 Å². The van der Waals surface area contributed by atoms with Gasteiger partial charge in [-0.1, -0.05) is 15.9 Å². The molecule has 0 saturated carbocycles. The smallest absolute Gasteiger partial charge is 0.407 e. The van der Waals surface area contributed by atoms with Crippen LogP contribution < -0.4 is 5.32 Å². The lowest BCUT2D eigenvalue weighted by Gasteiger charge is -2.33. The highest BCUT2D eigenvalue weighted by atomic mass is 79.9. The number of piperidine rings is 1. The number of halogens is 3. The first-order valence-electron chi connectivity index (χ1n) is 8.43. The molecule has 1 aromatic carbocycles. The highest BCUT2D eigenvalue weighted by Crippen LogP contribution is 2.29. The Morgan fingerprint density at radius 2 is 2.04 bits per heavy atom. The van der Waals surface area contributed by atoms with Gasteiger partial charge in [-0.15, -0.1) is 0 Å². The Balaban J connectivity index is 2.04. The average Bonchev–Trinajstić information content (AvgIpc) is 2.52. The Labute approximate surface area is 160 Å². The lowest BCUT2D eigenvalue weighted by Crippen LogP contribution is -2.50. The number of likely N-dealkylation sites (tertiary alicyclic amines) is 1. The molecule has 5 nitrogen and oxygen atoms in total. The number of carbonyl (C=O) groups is 2. The first-order chi connectivity index (χ1) is 12.1. The molecule has 144 valence electrons. The fraction of sp³-hybridized carbons (Fsp3) is 0.556. The molecule has 26 heavy (non-hydrogen) atoms. The Hall–Kier alpha value is -1.70. The van der Waals surface area contributed by atoms with E-state index >= 15 is 0 Å². The van der Waals surface area contributed by atoms with Gasteiger partial charge >= 0.3 is 6.09 Å². The van der Waals surface area contributed by atoms with Crippen LogP contribution in [0.25, 0.3) is 0 Å². The molecule has 0 radical (unpaired) electrons. The van der Waals surface area contributed by atoms with Crippen LogP contribution in [0, 0.1) is 0 Å². The van der Waals surface area contributed by atoms with Crippen LogP contribution in [0.5, 0.6) is 0 Å². The summed E-state index contributed by atoms with van der Waals surface area (Å²) in [7, 11) is 0. The number of ether oxygens (including phenoxy) is 1. The number of benzene rings is 1. The van der Waals surface area contributed by atoms with E-state index in [9.17, 15) is 18.4 Å². The number of nitrogens with one attached hydrogen (secondary N) is 1. The molecule has 1 atom stereocenters. The molecule has 1 unspecified atom stereocenters. The van der Waals surface area contributed by atoms with E-state index in [1.165, 1.54) is 18.2 Å². The zero-order chi connectivity index (χ0) is 19.5. The van der Waals surface area contributed by atoms with Gasteiger partial charge in [0, 0.05) is 34.7 Å². The van der Waals surface area contributed by atoms with Crippen LogP contribution in [-0.4, -0.2) is 41.6 Å². The van der Waals surface area contributed by atoms with Crippen molar-refractivity contribution in [3.8, 4) is 0 Å². The summed E-state index contributed by atoms with van der Waals surface area (Å²) >= 11 is 3.07. The highest BCUT2D eigenvalue weighted by molar-refractivity contribution is 9.10. The van der Waals surface area contributed by atoms with Gasteiger partial charge in [0.15, 0.2) is 0 Å². The molecular formula is C18H23BrF2N2O3. The van der Waals surface area contributed by atoms with E-state index < -0.39 is 18.1 Å². The van der Waals surface area contributed by atoms with Crippen molar-refractivity contribution in [2.45, 2.75) is 51.7 Å². The molecule has 1 aromatic rings. The van der Waals surface area contributed by atoms with Crippen LogP contribution in [0.3, 0.4) is 0 Å². The first kappa shape index (κ1) is 20.6. The normalized spacial score (nSPS) is 18.0. The van der Waals surface area contributed by atoms with E-state index in [4.69, 9.17) is 4.74 Å². The van der Waals surface area contributed by atoms with Crippen LogP contribution in [-0.2, 0) is 4.74 Å². The van der Waals surface area contributed by atoms with Gasteiger partial charge in [-0.25, -0.2) is 13.6 Å². The topological polar surface area (TPSA) is 58.6 Å². The summed E-state index contributed by atoms with van der Waals surface area (Å²) in [4.78, 5) is 26.1. The standard InChI is InChI=1S/C18H23BrF2N2O3/c1-18(2,3)26-17(25)22-12-5-4-8-23(10-12)16(24)11-6-7-14(19)13(9-11)15(20)21/h6-7,9,12,15H,4-5,8,10H2,1-3H3,(H,22,25). The third-order valence-corrected chi connectivity index (χ3v) is 4.63. The summed E-state index contributed by atoms with van der Waals surface area (Å²) in [6, 6.07) is 3.95. The number of hydrogen-bond donors (Lipinski definition) is 1. The van der Waals surface area contributed by atoms with Crippen molar-refractivity contribution in [2.24, 2.45) is 0 Å². The average molecular weight is 433 g/mol.